The highest BCUT2D eigenvalue weighted by atomic mass is 16.5. The number of unbranched alkanes of at least 4 members (excludes halogenated alkanes) is 4. The first-order valence-electron chi connectivity index (χ1n) is 14.9. The lowest BCUT2D eigenvalue weighted by molar-refractivity contribution is -0.142. The number of esters is 1. The van der Waals surface area contributed by atoms with E-state index in [1.54, 1.807) is 42.5 Å². The molecule has 0 unspecified atom stereocenters. The van der Waals surface area contributed by atoms with Gasteiger partial charge in [-0.1, -0.05) is 56.9 Å². The third-order valence-corrected chi connectivity index (χ3v) is 9.29. The zero-order valence-corrected chi connectivity index (χ0v) is 23.1. The average molecular weight is 529 g/mol. The minimum absolute atomic E-state index is 0.0216. The number of benzene rings is 2. The SMILES string of the molecule is CCCCCCCC(=O)c1ccc(OC(=O)CC23CC4CC(CC(C4)C2)C3)c(C(=O)c2ccccc2C=O)c1. The van der Waals surface area contributed by atoms with E-state index < -0.39 is 5.78 Å². The predicted octanol–water partition coefficient (Wildman–Crippen LogP) is 7.79. The Hall–Kier alpha value is -3.08. The fourth-order valence-electron chi connectivity index (χ4n) is 7.93. The second-order valence-corrected chi connectivity index (χ2v) is 12.4. The fourth-order valence-corrected chi connectivity index (χ4v) is 7.93. The molecule has 4 fully saturated rings. The highest BCUT2D eigenvalue weighted by Crippen LogP contribution is 2.61. The number of rotatable bonds is 13. The quantitative estimate of drug-likeness (QED) is 0.0872. The molecular formula is C34H40O5. The first-order valence-corrected chi connectivity index (χ1v) is 14.9. The summed E-state index contributed by atoms with van der Waals surface area (Å²) in [6.45, 7) is 2.16. The lowest BCUT2D eigenvalue weighted by Crippen LogP contribution is -2.47. The molecule has 5 heteroatoms. The van der Waals surface area contributed by atoms with E-state index in [0.29, 0.717) is 24.7 Å². The van der Waals surface area contributed by atoms with Crippen LogP contribution >= 0.6 is 0 Å². The molecule has 0 saturated heterocycles. The molecule has 4 bridgehead atoms. The van der Waals surface area contributed by atoms with Crippen molar-refractivity contribution in [3.05, 3.63) is 64.7 Å². The molecule has 39 heavy (non-hydrogen) atoms. The maximum absolute atomic E-state index is 13.7. The predicted molar refractivity (Wildman–Crippen MR) is 150 cm³/mol. The molecule has 0 heterocycles. The molecule has 5 nitrogen and oxygen atoms in total. The Balaban J connectivity index is 1.36. The minimum Gasteiger partial charge on any atom is -0.426 e. The van der Waals surface area contributed by atoms with Crippen LogP contribution in [-0.2, 0) is 4.79 Å². The van der Waals surface area contributed by atoms with E-state index in [4.69, 9.17) is 4.74 Å². The van der Waals surface area contributed by atoms with Crippen molar-refractivity contribution in [1.82, 2.24) is 0 Å². The highest BCUT2D eigenvalue weighted by molar-refractivity contribution is 6.15. The van der Waals surface area contributed by atoms with Gasteiger partial charge in [0.1, 0.15) is 5.75 Å². The van der Waals surface area contributed by atoms with Gasteiger partial charge in [-0.2, -0.15) is 0 Å². The highest BCUT2D eigenvalue weighted by Gasteiger charge is 2.51. The van der Waals surface area contributed by atoms with E-state index in [0.717, 1.165) is 69.1 Å². The normalized spacial score (nSPS) is 24.9. The number of hydrogen-bond acceptors (Lipinski definition) is 5. The first kappa shape index (κ1) is 27.5. The summed E-state index contributed by atoms with van der Waals surface area (Å²) in [5, 5.41) is 0. The summed E-state index contributed by atoms with van der Waals surface area (Å²) in [7, 11) is 0. The Bertz CT molecular complexity index is 1210. The number of hydrogen-bond donors (Lipinski definition) is 0. The topological polar surface area (TPSA) is 77.5 Å². The summed E-state index contributed by atoms with van der Waals surface area (Å²) in [6.07, 6.45) is 13.8. The minimum atomic E-state index is -0.423. The van der Waals surface area contributed by atoms with Gasteiger partial charge in [0.25, 0.3) is 0 Å². The van der Waals surface area contributed by atoms with Crippen molar-refractivity contribution in [3.8, 4) is 5.75 Å². The smallest absolute Gasteiger partial charge is 0.311 e. The zero-order valence-electron chi connectivity index (χ0n) is 23.1. The third-order valence-electron chi connectivity index (χ3n) is 9.29. The van der Waals surface area contributed by atoms with Gasteiger partial charge >= 0.3 is 5.97 Å². The molecule has 2 aromatic rings. The summed E-state index contributed by atoms with van der Waals surface area (Å²) in [5.74, 6) is 1.58. The van der Waals surface area contributed by atoms with Crippen LogP contribution in [0, 0.1) is 23.2 Å². The van der Waals surface area contributed by atoms with E-state index >= 15 is 0 Å². The lowest BCUT2D eigenvalue weighted by atomic mass is 9.49. The monoisotopic (exact) mass is 528 g/mol. The molecule has 0 N–H and O–H groups in total. The van der Waals surface area contributed by atoms with Crippen LogP contribution in [-0.4, -0.2) is 23.8 Å². The van der Waals surface area contributed by atoms with Gasteiger partial charge in [-0.25, -0.2) is 0 Å². The molecule has 0 aromatic heterocycles. The van der Waals surface area contributed by atoms with Crippen LogP contribution in [0.25, 0.3) is 0 Å². The molecule has 206 valence electrons. The van der Waals surface area contributed by atoms with Gasteiger partial charge in [-0.3, -0.25) is 19.2 Å². The molecular weight excluding hydrogens is 488 g/mol. The summed E-state index contributed by atoms with van der Waals surface area (Å²) in [4.78, 5) is 51.6. The Morgan fingerprint density at radius 3 is 2.21 bits per heavy atom. The number of ether oxygens (including phenoxy) is 1. The Morgan fingerprint density at radius 1 is 0.872 bits per heavy atom. The molecule has 4 aliphatic carbocycles. The lowest BCUT2D eigenvalue weighted by Gasteiger charge is -2.56. The number of ketones is 2. The van der Waals surface area contributed by atoms with Crippen LogP contribution in [0.5, 0.6) is 5.75 Å². The van der Waals surface area contributed by atoms with Crippen LogP contribution in [0.15, 0.2) is 42.5 Å². The molecule has 0 spiro atoms. The van der Waals surface area contributed by atoms with Crippen molar-refractivity contribution in [2.45, 2.75) is 90.4 Å². The van der Waals surface area contributed by atoms with Crippen LogP contribution in [0.4, 0.5) is 0 Å². The Labute approximate surface area is 231 Å². The van der Waals surface area contributed by atoms with Crippen molar-refractivity contribution in [2.24, 2.45) is 23.2 Å². The van der Waals surface area contributed by atoms with Gasteiger partial charge < -0.3 is 4.74 Å². The maximum atomic E-state index is 13.7. The van der Waals surface area contributed by atoms with E-state index in [-0.39, 0.29) is 39.6 Å². The fraction of sp³-hybridized carbons (Fsp3) is 0.529. The molecule has 2 aromatic carbocycles. The summed E-state index contributed by atoms with van der Waals surface area (Å²) >= 11 is 0. The average Bonchev–Trinajstić information content (AvgIpc) is 2.91. The molecule has 4 saturated carbocycles. The van der Waals surface area contributed by atoms with E-state index in [1.807, 2.05) is 0 Å². The second-order valence-electron chi connectivity index (χ2n) is 12.4. The van der Waals surface area contributed by atoms with E-state index in [2.05, 4.69) is 6.92 Å². The Kier molecular flexibility index (Phi) is 8.44. The molecule has 0 radical (unpaired) electrons. The summed E-state index contributed by atoms with van der Waals surface area (Å²) in [6, 6.07) is 11.4. The van der Waals surface area contributed by atoms with Crippen LogP contribution in [0.2, 0.25) is 0 Å². The maximum Gasteiger partial charge on any atom is 0.311 e. The first-order chi connectivity index (χ1) is 18.9. The van der Waals surface area contributed by atoms with Gasteiger partial charge in [0.15, 0.2) is 17.9 Å². The van der Waals surface area contributed by atoms with E-state index in [9.17, 15) is 19.2 Å². The Morgan fingerprint density at radius 2 is 1.54 bits per heavy atom. The van der Waals surface area contributed by atoms with Crippen molar-refractivity contribution in [3.63, 3.8) is 0 Å². The molecule has 4 aliphatic rings. The van der Waals surface area contributed by atoms with Crippen LogP contribution < -0.4 is 4.74 Å². The van der Waals surface area contributed by atoms with Gasteiger partial charge in [0.2, 0.25) is 0 Å². The third kappa shape index (κ3) is 6.23. The largest absolute Gasteiger partial charge is 0.426 e. The number of Topliss-reactive ketones (excluding diaryl/α,β-unsaturated/α-hetero) is 1. The summed E-state index contributed by atoms with van der Waals surface area (Å²) in [5.41, 5.74) is 1.10. The van der Waals surface area contributed by atoms with Gasteiger partial charge in [0.05, 0.1) is 12.0 Å². The number of carbonyl (C=O) groups is 4. The summed E-state index contributed by atoms with van der Waals surface area (Å²) < 4.78 is 5.90. The van der Waals surface area contributed by atoms with Gasteiger partial charge in [0, 0.05) is 23.1 Å². The number of carbonyl (C=O) groups excluding carboxylic acids is 4. The van der Waals surface area contributed by atoms with Gasteiger partial charge in [-0.05, 0) is 86.3 Å². The van der Waals surface area contributed by atoms with Gasteiger partial charge in [-0.15, -0.1) is 0 Å². The molecule has 0 aliphatic heterocycles. The van der Waals surface area contributed by atoms with Crippen molar-refractivity contribution in [1.29, 1.82) is 0 Å². The molecule has 0 amide bonds. The number of aldehydes is 1. The van der Waals surface area contributed by atoms with E-state index in [1.165, 1.54) is 19.3 Å². The standard InChI is InChI=1S/C34H40O5/c1-2-3-4-5-6-11-30(36)26-12-13-31(29(17-26)33(38)28-10-8-7-9-27(28)22-35)39-32(37)21-34-18-23-14-24(19-34)16-25(15-23)20-34/h7-10,12-13,17,22-25H,2-6,11,14-16,18-21H2,1H3. The van der Waals surface area contributed by atoms with Crippen LogP contribution in [0.1, 0.15) is 127 Å². The van der Waals surface area contributed by atoms with Crippen LogP contribution in [0.3, 0.4) is 0 Å². The zero-order chi connectivity index (χ0) is 27.4. The molecule has 6 rings (SSSR count). The van der Waals surface area contributed by atoms with Crippen molar-refractivity contribution >= 4 is 23.8 Å². The van der Waals surface area contributed by atoms with Crippen molar-refractivity contribution in [2.75, 3.05) is 0 Å². The molecule has 0 atom stereocenters. The second kappa shape index (κ2) is 12.0. The van der Waals surface area contributed by atoms with Crippen molar-refractivity contribution < 1.29 is 23.9 Å².